The van der Waals surface area contributed by atoms with Crippen LogP contribution < -0.4 is 10.1 Å². The van der Waals surface area contributed by atoms with Crippen molar-refractivity contribution in [3.8, 4) is 5.75 Å². The molecule has 1 aliphatic heterocycles. The SMILES string of the molecule is Clc1ccc(OCC2CC2)c(CN2CCNCC2)c1. The van der Waals surface area contributed by atoms with E-state index in [1.54, 1.807) is 0 Å². The average molecular weight is 281 g/mol. The summed E-state index contributed by atoms with van der Waals surface area (Å²) < 4.78 is 5.96. The minimum absolute atomic E-state index is 0.780. The first-order chi connectivity index (χ1) is 9.31. The van der Waals surface area contributed by atoms with E-state index in [9.17, 15) is 0 Å². The summed E-state index contributed by atoms with van der Waals surface area (Å²) in [4.78, 5) is 2.45. The molecular formula is C15H21ClN2O. The van der Waals surface area contributed by atoms with Crippen molar-refractivity contribution in [2.24, 2.45) is 5.92 Å². The van der Waals surface area contributed by atoms with Gasteiger partial charge in [-0.1, -0.05) is 11.6 Å². The van der Waals surface area contributed by atoms with Crippen LogP contribution in [0.4, 0.5) is 0 Å². The lowest BCUT2D eigenvalue weighted by atomic mass is 10.1. The predicted molar refractivity (Wildman–Crippen MR) is 77.8 cm³/mol. The number of benzene rings is 1. The van der Waals surface area contributed by atoms with Crippen molar-refractivity contribution in [3.05, 3.63) is 28.8 Å². The van der Waals surface area contributed by atoms with Crippen LogP contribution in [0.15, 0.2) is 18.2 Å². The van der Waals surface area contributed by atoms with Gasteiger partial charge in [0.25, 0.3) is 0 Å². The zero-order chi connectivity index (χ0) is 13.1. The highest BCUT2D eigenvalue weighted by molar-refractivity contribution is 6.30. The van der Waals surface area contributed by atoms with Crippen molar-refractivity contribution >= 4 is 11.6 Å². The first-order valence-electron chi connectivity index (χ1n) is 7.15. The van der Waals surface area contributed by atoms with Gasteiger partial charge in [0.1, 0.15) is 5.75 Å². The molecule has 104 valence electrons. The molecule has 0 radical (unpaired) electrons. The molecule has 1 N–H and O–H groups in total. The highest BCUT2D eigenvalue weighted by atomic mass is 35.5. The largest absolute Gasteiger partial charge is 0.493 e. The zero-order valence-corrected chi connectivity index (χ0v) is 12.0. The molecule has 0 aromatic heterocycles. The summed E-state index contributed by atoms with van der Waals surface area (Å²) in [5.74, 6) is 1.79. The minimum atomic E-state index is 0.780. The van der Waals surface area contributed by atoms with E-state index in [1.807, 2.05) is 18.2 Å². The molecule has 1 saturated carbocycles. The summed E-state index contributed by atoms with van der Waals surface area (Å²) in [6, 6.07) is 5.99. The van der Waals surface area contributed by atoms with Gasteiger partial charge < -0.3 is 10.1 Å². The molecule has 19 heavy (non-hydrogen) atoms. The molecule has 0 unspecified atom stereocenters. The molecule has 2 fully saturated rings. The summed E-state index contributed by atoms with van der Waals surface area (Å²) in [5, 5.41) is 4.17. The number of halogens is 1. The van der Waals surface area contributed by atoms with Crippen LogP contribution in [-0.2, 0) is 6.54 Å². The van der Waals surface area contributed by atoms with Crippen molar-refractivity contribution in [3.63, 3.8) is 0 Å². The minimum Gasteiger partial charge on any atom is -0.493 e. The summed E-state index contributed by atoms with van der Waals surface area (Å²) in [6.07, 6.45) is 2.64. The fraction of sp³-hybridized carbons (Fsp3) is 0.600. The predicted octanol–water partition coefficient (Wildman–Crippen LogP) is 2.53. The molecule has 1 saturated heterocycles. The number of ether oxygens (including phenoxy) is 1. The Bertz CT molecular complexity index is 428. The van der Waals surface area contributed by atoms with Crippen LogP contribution in [0.3, 0.4) is 0 Å². The topological polar surface area (TPSA) is 24.5 Å². The Morgan fingerprint density at radius 2 is 2.05 bits per heavy atom. The van der Waals surface area contributed by atoms with Gasteiger partial charge in [0.05, 0.1) is 6.61 Å². The quantitative estimate of drug-likeness (QED) is 0.897. The molecule has 4 heteroatoms. The lowest BCUT2D eigenvalue weighted by Gasteiger charge is -2.28. The maximum Gasteiger partial charge on any atom is 0.123 e. The summed E-state index contributed by atoms with van der Waals surface area (Å²) in [6.45, 7) is 6.11. The molecule has 1 aromatic carbocycles. The summed E-state index contributed by atoms with van der Waals surface area (Å²) in [5.41, 5.74) is 1.22. The van der Waals surface area contributed by atoms with Gasteiger partial charge in [-0.25, -0.2) is 0 Å². The molecule has 2 aliphatic rings. The molecule has 3 rings (SSSR count). The fourth-order valence-electron chi connectivity index (χ4n) is 2.41. The highest BCUT2D eigenvalue weighted by Gasteiger charge is 2.22. The second-order valence-corrected chi connectivity index (χ2v) is 5.97. The van der Waals surface area contributed by atoms with Crippen molar-refractivity contribution in [1.29, 1.82) is 0 Å². The maximum absolute atomic E-state index is 6.12. The number of nitrogens with zero attached hydrogens (tertiary/aromatic N) is 1. The number of hydrogen-bond acceptors (Lipinski definition) is 3. The van der Waals surface area contributed by atoms with Crippen LogP contribution in [0.1, 0.15) is 18.4 Å². The van der Waals surface area contributed by atoms with Gasteiger partial charge in [-0.15, -0.1) is 0 Å². The van der Waals surface area contributed by atoms with E-state index in [1.165, 1.54) is 18.4 Å². The van der Waals surface area contributed by atoms with E-state index in [4.69, 9.17) is 16.3 Å². The van der Waals surface area contributed by atoms with Crippen molar-refractivity contribution in [2.75, 3.05) is 32.8 Å². The standard InChI is InChI=1S/C15H21ClN2O/c16-14-3-4-15(19-11-12-1-2-12)13(9-14)10-18-7-5-17-6-8-18/h3-4,9,12,17H,1-2,5-8,10-11H2. The van der Waals surface area contributed by atoms with Crippen LogP contribution in [0.2, 0.25) is 5.02 Å². The normalized spacial score (nSPS) is 20.5. The third kappa shape index (κ3) is 3.85. The number of nitrogens with one attached hydrogen (secondary N) is 1. The van der Waals surface area contributed by atoms with Crippen LogP contribution in [-0.4, -0.2) is 37.7 Å². The van der Waals surface area contributed by atoms with Crippen LogP contribution in [0.5, 0.6) is 5.75 Å². The zero-order valence-electron chi connectivity index (χ0n) is 11.2. The fourth-order valence-corrected chi connectivity index (χ4v) is 2.61. The van der Waals surface area contributed by atoms with E-state index < -0.39 is 0 Å². The molecular weight excluding hydrogens is 260 g/mol. The van der Waals surface area contributed by atoms with Gasteiger partial charge in [0, 0.05) is 43.3 Å². The summed E-state index contributed by atoms with van der Waals surface area (Å²) >= 11 is 6.12. The van der Waals surface area contributed by atoms with Crippen LogP contribution in [0.25, 0.3) is 0 Å². The maximum atomic E-state index is 6.12. The second kappa shape index (κ2) is 6.12. The smallest absolute Gasteiger partial charge is 0.123 e. The lowest BCUT2D eigenvalue weighted by molar-refractivity contribution is 0.226. The third-order valence-electron chi connectivity index (χ3n) is 3.80. The molecule has 1 aromatic rings. The Hall–Kier alpha value is -0.770. The molecule has 0 amide bonds. The Morgan fingerprint density at radius 3 is 2.79 bits per heavy atom. The van der Waals surface area contributed by atoms with Gasteiger partial charge in [0.15, 0.2) is 0 Å². The summed E-state index contributed by atoms with van der Waals surface area (Å²) in [7, 11) is 0. The Balaban J connectivity index is 1.67. The Morgan fingerprint density at radius 1 is 1.26 bits per heavy atom. The van der Waals surface area contributed by atoms with Gasteiger partial charge in [-0.05, 0) is 37.0 Å². The van der Waals surface area contributed by atoms with Crippen LogP contribution >= 0.6 is 11.6 Å². The highest BCUT2D eigenvalue weighted by Crippen LogP contribution is 2.31. The van der Waals surface area contributed by atoms with E-state index in [0.29, 0.717) is 0 Å². The monoisotopic (exact) mass is 280 g/mol. The van der Waals surface area contributed by atoms with Gasteiger partial charge in [0.2, 0.25) is 0 Å². The number of hydrogen-bond donors (Lipinski definition) is 1. The third-order valence-corrected chi connectivity index (χ3v) is 4.03. The van der Waals surface area contributed by atoms with Crippen molar-refractivity contribution in [1.82, 2.24) is 10.2 Å². The van der Waals surface area contributed by atoms with Crippen molar-refractivity contribution < 1.29 is 4.74 Å². The second-order valence-electron chi connectivity index (χ2n) is 5.53. The van der Waals surface area contributed by atoms with Crippen molar-refractivity contribution in [2.45, 2.75) is 19.4 Å². The molecule has 1 heterocycles. The number of piperazine rings is 1. The number of rotatable bonds is 5. The van der Waals surface area contributed by atoms with Crippen LogP contribution in [0, 0.1) is 5.92 Å². The Labute approximate surface area is 119 Å². The molecule has 0 spiro atoms. The van der Waals surface area contributed by atoms with Gasteiger partial charge in [-0.3, -0.25) is 4.90 Å². The Kier molecular flexibility index (Phi) is 4.26. The first kappa shape index (κ1) is 13.2. The lowest BCUT2D eigenvalue weighted by Crippen LogP contribution is -2.42. The molecule has 3 nitrogen and oxygen atoms in total. The molecule has 0 bridgehead atoms. The van der Waals surface area contributed by atoms with Gasteiger partial charge in [-0.2, -0.15) is 0 Å². The molecule has 0 atom stereocenters. The molecule has 1 aliphatic carbocycles. The average Bonchev–Trinajstić information content (AvgIpc) is 3.23. The van der Waals surface area contributed by atoms with Gasteiger partial charge >= 0.3 is 0 Å². The van der Waals surface area contributed by atoms with E-state index in [2.05, 4.69) is 10.2 Å². The van der Waals surface area contributed by atoms with E-state index >= 15 is 0 Å². The first-order valence-corrected chi connectivity index (χ1v) is 7.53. The van der Waals surface area contributed by atoms with E-state index in [-0.39, 0.29) is 0 Å². The van der Waals surface area contributed by atoms with E-state index in [0.717, 1.165) is 56.0 Å².